The van der Waals surface area contributed by atoms with Crippen molar-refractivity contribution in [3.63, 3.8) is 0 Å². The number of unbranched alkanes of at least 4 members (excludes halogenated alkanes) is 1. The van der Waals surface area contributed by atoms with Gasteiger partial charge in [-0.2, -0.15) is 0 Å². The Hall–Kier alpha value is -1.31. The highest BCUT2D eigenvalue weighted by atomic mass is 28.4. The first-order valence-electron chi connectivity index (χ1n) is 8.05. The SMILES string of the molecule is C#C[C@](C)(OC(=O)C=C)[C@@H](CCCC=C)O[Si](C)(C)C(C)(C)C. The van der Waals surface area contributed by atoms with E-state index in [-0.39, 0.29) is 11.1 Å². The van der Waals surface area contributed by atoms with E-state index in [0.29, 0.717) is 6.42 Å². The monoisotopic (exact) mass is 336 g/mol. The van der Waals surface area contributed by atoms with E-state index in [1.54, 1.807) is 6.92 Å². The van der Waals surface area contributed by atoms with Crippen molar-refractivity contribution in [3.8, 4) is 12.3 Å². The summed E-state index contributed by atoms with van der Waals surface area (Å²) in [6.07, 6.45) is 10.8. The number of allylic oxidation sites excluding steroid dienone is 1. The largest absolute Gasteiger partial charge is 0.440 e. The maximum absolute atomic E-state index is 11.7. The standard InChI is InChI=1S/C19H32O3Si/c1-10-13-14-15-16(22-23(8,9)18(4,5)6)19(7,12-3)21-17(20)11-2/h3,10-11,16H,1-2,13-15H2,4-9H3/t16-,19+/m1/s1. The lowest BCUT2D eigenvalue weighted by Gasteiger charge is -2.43. The first kappa shape index (κ1) is 21.7. The highest BCUT2D eigenvalue weighted by Gasteiger charge is 2.45. The van der Waals surface area contributed by atoms with Crippen molar-refractivity contribution in [2.75, 3.05) is 0 Å². The number of terminal acetylenes is 1. The molecule has 0 aromatic heterocycles. The molecule has 0 rings (SSSR count). The van der Waals surface area contributed by atoms with Crippen LogP contribution >= 0.6 is 0 Å². The maximum Gasteiger partial charge on any atom is 0.331 e. The summed E-state index contributed by atoms with van der Waals surface area (Å²) in [5.74, 6) is 2.10. The molecule has 0 saturated carbocycles. The molecule has 0 aliphatic heterocycles. The zero-order valence-corrected chi connectivity index (χ0v) is 16.6. The average molecular weight is 337 g/mol. The second-order valence-electron chi connectivity index (χ2n) is 7.46. The normalized spacial score (nSPS) is 15.9. The van der Waals surface area contributed by atoms with Crippen LogP contribution < -0.4 is 0 Å². The van der Waals surface area contributed by atoms with Gasteiger partial charge in [0.25, 0.3) is 0 Å². The van der Waals surface area contributed by atoms with E-state index in [9.17, 15) is 4.79 Å². The third-order valence-electron chi connectivity index (χ3n) is 4.50. The number of carbonyl (C=O) groups is 1. The highest BCUT2D eigenvalue weighted by Crippen LogP contribution is 2.39. The summed E-state index contributed by atoms with van der Waals surface area (Å²) in [5, 5.41) is 0.0433. The first-order valence-corrected chi connectivity index (χ1v) is 11.0. The predicted octanol–water partition coefficient (Wildman–Crippen LogP) is 4.85. The molecule has 4 heteroatoms. The van der Waals surface area contributed by atoms with Gasteiger partial charge in [-0.25, -0.2) is 4.79 Å². The molecule has 0 aliphatic carbocycles. The van der Waals surface area contributed by atoms with E-state index >= 15 is 0 Å². The Kier molecular flexibility index (Phi) is 8.03. The number of hydrogen-bond donors (Lipinski definition) is 0. The molecule has 3 nitrogen and oxygen atoms in total. The van der Waals surface area contributed by atoms with E-state index in [1.807, 2.05) is 6.08 Å². The van der Waals surface area contributed by atoms with Gasteiger partial charge in [-0.05, 0) is 44.3 Å². The molecule has 0 fully saturated rings. The van der Waals surface area contributed by atoms with Crippen molar-refractivity contribution in [2.45, 2.75) is 76.8 Å². The minimum Gasteiger partial charge on any atom is -0.440 e. The number of ether oxygens (including phenoxy) is 1. The fourth-order valence-corrected chi connectivity index (χ4v) is 3.27. The highest BCUT2D eigenvalue weighted by molar-refractivity contribution is 6.74. The molecule has 0 amide bonds. The molecule has 0 aromatic rings. The van der Waals surface area contributed by atoms with E-state index in [0.717, 1.165) is 18.9 Å². The molecular weight excluding hydrogens is 304 g/mol. The van der Waals surface area contributed by atoms with Gasteiger partial charge in [0.15, 0.2) is 13.9 Å². The van der Waals surface area contributed by atoms with Crippen LogP contribution in [0.15, 0.2) is 25.3 Å². The van der Waals surface area contributed by atoms with Crippen molar-refractivity contribution in [1.29, 1.82) is 0 Å². The number of carbonyl (C=O) groups excluding carboxylic acids is 1. The van der Waals surface area contributed by atoms with Crippen LogP contribution in [-0.2, 0) is 14.0 Å². The minimum absolute atomic E-state index is 0.0433. The van der Waals surface area contributed by atoms with Crippen LogP contribution in [0.25, 0.3) is 0 Å². The summed E-state index contributed by atoms with van der Waals surface area (Å²) >= 11 is 0. The van der Waals surface area contributed by atoms with E-state index < -0.39 is 19.9 Å². The van der Waals surface area contributed by atoms with Crippen molar-refractivity contribution in [1.82, 2.24) is 0 Å². The van der Waals surface area contributed by atoms with Gasteiger partial charge in [-0.3, -0.25) is 0 Å². The molecule has 0 N–H and O–H groups in total. The van der Waals surface area contributed by atoms with Gasteiger partial charge in [0, 0.05) is 6.08 Å². The topological polar surface area (TPSA) is 35.5 Å². The van der Waals surface area contributed by atoms with Crippen LogP contribution in [0.3, 0.4) is 0 Å². The van der Waals surface area contributed by atoms with Gasteiger partial charge in [0.1, 0.15) is 0 Å². The molecule has 0 saturated heterocycles. The van der Waals surface area contributed by atoms with Crippen molar-refractivity contribution < 1.29 is 14.0 Å². The zero-order valence-electron chi connectivity index (χ0n) is 15.6. The summed E-state index contributed by atoms with van der Waals surface area (Å²) in [7, 11) is -2.05. The predicted molar refractivity (Wildman–Crippen MR) is 99.6 cm³/mol. The molecule has 0 bridgehead atoms. The zero-order chi connectivity index (χ0) is 18.3. The smallest absolute Gasteiger partial charge is 0.331 e. The van der Waals surface area contributed by atoms with Crippen molar-refractivity contribution >= 4 is 14.3 Å². The van der Waals surface area contributed by atoms with Crippen LogP contribution in [0.4, 0.5) is 0 Å². The van der Waals surface area contributed by atoms with Gasteiger partial charge >= 0.3 is 5.97 Å². The number of rotatable bonds is 9. The Balaban J connectivity index is 5.49. The van der Waals surface area contributed by atoms with Crippen LogP contribution in [0.5, 0.6) is 0 Å². The molecule has 23 heavy (non-hydrogen) atoms. The Morgan fingerprint density at radius 3 is 2.26 bits per heavy atom. The fourth-order valence-electron chi connectivity index (χ4n) is 1.87. The van der Waals surface area contributed by atoms with Gasteiger partial charge in [0.05, 0.1) is 6.10 Å². The summed E-state index contributed by atoms with van der Waals surface area (Å²) in [6, 6.07) is 0. The van der Waals surface area contributed by atoms with Gasteiger partial charge in [-0.15, -0.1) is 13.0 Å². The maximum atomic E-state index is 11.7. The van der Waals surface area contributed by atoms with Crippen LogP contribution in [0.1, 0.15) is 47.0 Å². The Morgan fingerprint density at radius 2 is 1.87 bits per heavy atom. The molecule has 0 aliphatic rings. The minimum atomic E-state index is -2.05. The van der Waals surface area contributed by atoms with Crippen LogP contribution in [0.2, 0.25) is 18.1 Å². The summed E-state index contributed by atoms with van der Waals surface area (Å²) < 4.78 is 12.0. The molecule has 0 aromatic carbocycles. The average Bonchev–Trinajstić information content (AvgIpc) is 2.44. The lowest BCUT2D eigenvalue weighted by Crippen LogP contribution is -2.52. The number of esters is 1. The Morgan fingerprint density at radius 1 is 1.30 bits per heavy atom. The van der Waals surface area contributed by atoms with Crippen LogP contribution in [-0.4, -0.2) is 26.0 Å². The summed E-state index contributed by atoms with van der Waals surface area (Å²) in [5.41, 5.74) is -1.11. The molecule has 2 atom stereocenters. The molecule has 130 valence electrons. The first-order chi connectivity index (χ1) is 10.4. The summed E-state index contributed by atoms with van der Waals surface area (Å²) in [6.45, 7) is 19.8. The molecule has 0 heterocycles. The van der Waals surface area contributed by atoms with Gasteiger partial charge in [0.2, 0.25) is 0 Å². The molecule has 0 spiro atoms. The third-order valence-corrected chi connectivity index (χ3v) is 8.98. The van der Waals surface area contributed by atoms with Crippen molar-refractivity contribution in [2.24, 2.45) is 0 Å². The van der Waals surface area contributed by atoms with E-state index in [2.05, 4.69) is 52.9 Å². The Labute approximate surface area is 143 Å². The second-order valence-corrected chi connectivity index (χ2v) is 12.2. The van der Waals surface area contributed by atoms with Gasteiger partial charge in [-0.1, -0.05) is 39.3 Å². The lowest BCUT2D eigenvalue weighted by atomic mass is 9.95. The van der Waals surface area contributed by atoms with Crippen molar-refractivity contribution in [3.05, 3.63) is 25.3 Å². The summed E-state index contributed by atoms with van der Waals surface area (Å²) in [4.78, 5) is 11.7. The molecule has 0 unspecified atom stereocenters. The van der Waals surface area contributed by atoms with Gasteiger partial charge < -0.3 is 9.16 Å². The van der Waals surface area contributed by atoms with E-state index in [4.69, 9.17) is 15.6 Å². The second kappa shape index (κ2) is 8.51. The lowest BCUT2D eigenvalue weighted by molar-refractivity contribution is -0.155. The van der Waals surface area contributed by atoms with Crippen LogP contribution in [0, 0.1) is 12.3 Å². The number of hydrogen-bond acceptors (Lipinski definition) is 3. The molecular formula is C19H32O3Si. The van der Waals surface area contributed by atoms with E-state index in [1.165, 1.54) is 0 Å². The Bertz CT molecular complexity index is 468. The third kappa shape index (κ3) is 6.37. The molecule has 0 radical (unpaired) electrons. The fraction of sp³-hybridized carbons (Fsp3) is 0.632. The quantitative estimate of drug-likeness (QED) is 0.151.